The highest BCUT2D eigenvalue weighted by atomic mass is 19.4. The zero-order valence-electron chi connectivity index (χ0n) is 24.3. The van der Waals surface area contributed by atoms with Gasteiger partial charge in [-0.15, -0.1) is 0 Å². The van der Waals surface area contributed by atoms with E-state index in [1.807, 2.05) is 26.0 Å². The van der Waals surface area contributed by atoms with Crippen LogP contribution in [0.25, 0.3) is 0 Å². The number of aliphatic hydroxyl groups is 2. The third-order valence-electron chi connectivity index (χ3n) is 11.7. The van der Waals surface area contributed by atoms with Gasteiger partial charge in [-0.2, -0.15) is 13.2 Å². The molecule has 5 fully saturated rings. The SMILES string of the molecule is CC1(c2ccc([C@H]3C[C@@]4(C)C(CC[C@@]4(O)C=CC(F)(F)F)C4CC[C@@]5(O)CC6(CCC5=C43)OCCO6)cc2)OCCO1. The molecule has 0 bridgehead atoms. The second kappa shape index (κ2) is 9.62. The third kappa shape index (κ3) is 4.45. The number of hydrogen-bond acceptors (Lipinski definition) is 6. The predicted molar refractivity (Wildman–Crippen MR) is 147 cm³/mol. The average molecular weight is 591 g/mol. The topological polar surface area (TPSA) is 77.4 Å². The van der Waals surface area contributed by atoms with Crippen LogP contribution in [0.5, 0.6) is 0 Å². The number of hydrogen-bond donors (Lipinski definition) is 2. The van der Waals surface area contributed by atoms with Crippen molar-refractivity contribution >= 4 is 0 Å². The van der Waals surface area contributed by atoms with E-state index in [0.29, 0.717) is 71.4 Å². The van der Waals surface area contributed by atoms with E-state index in [9.17, 15) is 23.4 Å². The van der Waals surface area contributed by atoms with Gasteiger partial charge in [0.15, 0.2) is 11.6 Å². The van der Waals surface area contributed by atoms with Crippen LogP contribution in [0.3, 0.4) is 0 Å². The van der Waals surface area contributed by atoms with Crippen molar-refractivity contribution in [2.75, 3.05) is 26.4 Å². The van der Waals surface area contributed by atoms with Crippen molar-refractivity contribution < 1.29 is 42.3 Å². The Labute approximate surface area is 244 Å². The zero-order valence-corrected chi connectivity index (χ0v) is 24.3. The number of alkyl halides is 3. The van der Waals surface area contributed by atoms with E-state index in [1.165, 1.54) is 5.57 Å². The molecule has 2 unspecified atom stereocenters. The lowest BCUT2D eigenvalue weighted by Crippen LogP contribution is -2.55. The first kappa shape index (κ1) is 29.0. The lowest BCUT2D eigenvalue weighted by atomic mass is 9.49. The van der Waals surface area contributed by atoms with Gasteiger partial charge in [0, 0.05) is 35.8 Å². The standard InChI is InChI=1S/C33H41F3O6/c1-28-19-24(21-3-5-22(6-4-21)29(2)39-15-16-40-29)27-23(25(28)8-11-31(28,38)13-14-33(34,35)36)7-10-30(37)20-32(12-9-26(27)30)41-17-18-42-32/h3-6,13-14,23-25,37-38H,7-12,15-20H2,1-2H3/t23?,24-,25?,28+,30-,31-/m1/s1. The fourth-order valence-electron chi connectivity index (χ4n) is 9.56. The summed E-state index contributed by atoms with van der Waals surface area (Å²) in [7, 11) is 0. The van der Waals surface area contributed by atoms with Crippen LogP contribution in [-0.4, -0.2) is 59.8 Å². The van der Waals surface area contributed by atoms with Crippen molar-refractivity contribution in [3.63, 3.8) is 0 Å². The molecule has 0 aromatic heterocycles. The van der Waals surface area contributed by atoms with Crippen LogP contribution in [-0.2, 0) is 24.7 Å². The summed E-state index contributed by atoms with van der Waals surface area (Å²) in [6.07, 6.45) is 1.11. The molecule has 0 radical (unpaired) electrons. The number of benzene rings is 1. The molecule has 2 saturated heterocycles. The van der Waals surface area contributed by atoms with Gasteiger partial charge in [0.1, 0.15) is 0 Å². The Morgan fingerprint density at radius 3 is 2.21 bits per heavy atom. The highest BCUT2D eigenvalue weighted by Gasteiger charge is 2.64. The van der Waals surface area contributed by atoms with Gasteiger partial charge in [-0.05, 0) is 74.5 Å². The van der Waals surface area contributed by atoms with Gasteiger partial charge in [-0.3, -0.25) is 0 Å². The molecule has 2 aliphatic heterocycles. The molecule has 9 heteroatoms. The van der Waals surface area contributed by atoms with Crippen LogP contribution in [0.2, 0.25) is 0 Å². The lowest BCUT2D eigenvalue weighted by Gasteiger charge is -2.57. The minimum Gasteiger partial charge on any atom is -0.385 e. The van der Waals surface area contributed by atoms with Crippen molar-refractivity contribution in [2.45, 2.75) is 100 Å². The van der Waals surface area contributed by atoms with Crippen molar-refractivity contribution in [1.82, 2.24) is 0 Å². The van der Waals surface area contributed by atoms with Crippen LogP contribution in [0.4, 0.5) is 13.2 Å². The van der Waals surface area contributed by atoms with E-state index in [1.54, 1.807) is 0 Å². The summed E-state index contributed by atoms with van der Waals surface area (Å²) in [5, 5.41) is 24.1. The van der Waals surface area contributed by atoms with Crippen molar-refractivity contribution in [3.05, 3.63) is 58.7 Å². The van der Waals surface area contributed by atoms with E-state index < -0.39 is 34.4 Å². The normalized spacial score (nSPS) is 40.9. The fraction of sp³-hybridized carbons (Fsp3) is 0.697. The first-order chi connectivity index (χ1) is 19.8. The van der Waals surface area contributed by atoms with Gasteiger partial charge in [0.2, 0.25) is 0 Å². The second-order valence-electron chi connectivity index (χ2n) is 13.8. The number of rotatable bonds is 3. The molecular formula is C33H41F3O6. The molecule has 230 valence electrons. The number of fused-ring (bicyclic) bond motifs is 4. The molecule has 6 nitrogen and oxygen atoms in total. The highest BCUT2D eigenvalue weighted by Crippen LogP contribution is 2.68. The summed E-state index contributed by atoms with van der Waals surface area (Å²) in [4.78, 5) is 0. The van der Waals surface area contributed by atoms with Crippen molar-refractivity contribution in [3.8, 4) is 0 Å². The molecule has 42 heavy (non-hydrogen) atoms. The van der Waals surface area contributed by atoms with Gasteiger partial charge in [-0.25, -0.2) is 0 Å². The molecule has 1 aromatic rings. The van der Waals surface area contributed by atoms with Crippen LogP contribution < -0.4 is 0 Å². The highest BCUT2D eigenvalue weighted by molar-refractivity contribution is 5.45. The van der Waals surface area contributed by atoms with Crippen molar-refractivity contribution in [1.29, 1.82) is 0 Å². The van der Waals surface area contributed by atoms with Gasteiger partial charge < -0.3 is 29.2 Å². The van der Waals surface area contributed by atoms with E-state index in [-0.39, 0.29) is 30.3 Å². The smallest absolute Gasteiger partial charge is 0.385 e. The lowest BCUT2D eigenvalue weighted by molar-refractivity contribution is -0.208. The fourth-order valence-corrected chi connectivity index (χ4v) is 9.56. The second-order valence-corrected chi connectivity index (χ2v) is 13.8. The van der Waals surface area contributed by atoms with Crippen LogP contribution in [0.1, 0.15) is 82.3 Å². The Morgan fingerprint density at radius 2 is 1.55 bits per heavy atom. The number of allylic oxidation sites excluding steroid dienone is 2. The van der Waals surface area contributed by atoms with Crippen LogP contribution in [0.15, 0.2) is 47.6 Å². The molecule has 1 aromatic carbocycles. The first-order valence-electron chi connectivity index (χ1n) is 15.4. The number of halogens is 3. The Morgan fingerprint density at radius 1 is 0.881 bits per heavy atom. The molecule has 4 aliphatic carbocycles. The molecule has 6 aliphatic rings. The Balaban J connectivity index is 1.32. The summed E-state index contributed by atoms with van der Waals surface area (Å²) < 4.78 is 63.7. The molecule has 3 saturated carbocycles. The maximum Gasteiger partial charge on any atom is 0.409 e. The van der Waals surface area contributed by atoms with Gasteiger partial charge >= 0.3 is 6.18 Å². The van der Waals surface area contributed by atoms with Gasteiger partial charge in [0.05, 0.1) is 37.6 Å². The first-order valence-corrected chi connectivity index (χ1v) is 15.4. The van der Waals surface area contributed by atoms with Crippen molar-refractivity contribution in [2.24, 2.45) is 17.3 Å². The van der Waals surface area contributed by atoms with E-state index >= 15 is 0 Å². The zero-order chi connectivity index (χ0) is 29.6. The molecule has 2 N–H and O–H groups in total. The Kier molecular flexibility index (Phi) is 6.64. The Hall–Kier alpha value is -1.75. The number of ether oxygens (including phenoxy) is 4. The maximum atomic E-state index is 13.3. The van der Waals surface area contributed by atoms with E-state index in [2.05, 4.69) is 12.1 Å². The summed E-state index contributed by atoms with van der Waals surface area (Å²) in [5.74, 6) is -1.65. The third-order valence-corrected chi connectivity index (χ3v) is 11.7. The molecule has 6 atom stereocenters. The largest absolute Gasteiger partial charge is 0.409 e. The summed E-state index contributed by atoms with van der Waals surface area (Å²) in [6.45, 7) is 5.98. The molecule has 0 amide bonds. The molecular weight excluding hydrogens is 549 g/mol. The quantitative estimate of drug-likeness (QED) is 0.419. The van der Waals surface area contributed by atoms with E-state index in [4.69, 9.17) is 18.9 Å². The van der Waals surface area contributed by atoms with E-state index in [0.717, 1.165) is 22.8 Å². The van der Waals surface area contributed by atoms with Crippen LogP contribution >= 0.6 is 0 Å². The monoisotopic (exact) mass is 590 g/mol. The van der Waals surface area contributed by atoms with Gasteiger partial charge in [-0.1, -0.05) is 36.8 Å². The average Bonchev–Trinajstić information content (AvgIpc) is 3.65. The summed E-state index contributed by atoms with van der Waals surface area (Å²) in [6, 6.07) is 8.13. The maximum absolute atomic E-state index is 13.3. The van der Waals surface area contributed by atoms with Crippen LogP contribution in [0, 0.1) is 17.3 Å². The van der Waals surface area contributed by atoms with Gasteiger partial charge in [0.25, 0.3) is 0 Å². The molecule has 1 spiro atoms. The Bertz CT molecular complexity index is 1280. The summed E-state index contributed by atoms with van der Waals surface area (Å²) in [5.41, 5.74) is 0.810. The predicted octanol–water partition coefficient (Wildman–Crippen LogP) is 6.02. The minimum atomic E-state index is -4.49. The molecule has 7 rings (SSSR count). The summed E-state index contributed by atoms with van der Waals surface area (Å²) >= 11 is 0. The molecule has 2 heterocycles. The minimum absolute atomic E-state index is 0.0111.